The maximum atomic E-state index is 13.9. The predicted molar refractivity (Wildman–Crippen MR) is 129 cm³/mol. The summed E-state index contributed by atoms with van der Waals surface area (Å²) in [5.41, 5.74) is -0.0950. The number of phenols is 2. The van der Waals surface area contributed by atoms with E-state index in [2.05, 4.69) is 10.3 Å². The Kier molecular flexibility index (Phi) is 4.80. The molecule has 8 heteroatoms. The minimum absolute atomic E-state index is 0.00585. The van der Waals surface area contributed by atoms with E-state index >= 15 is 0 Å². The van der Waals surface area contributed by atoms with Gasteiger partial charge in [0.1, 0.15) is 34.0 Å². The lowest BCUT2D eigenvalue weighted by molar-refractivity contribution is -0.123. The number of nitrogens with zero attached hydrogens (tertiary/aromatic N) is 1. The molecule has 5 rings (SSSR count). The molecule has 2 aliphatic rings. The third kappa shape index (κ3) is 2.99. The number of aromatic nitrogens is 1. The summed E-state index contributed by atoms with van der Waals surface area (Å²) in [6, 6.07) is 9.26. The van der Waals surface area contributed by atoms with E-state index in [4.69, 9.17) is 4.74 Å². The van der Waals surface area contributed by atoms with E-state index in [-0.39, 0.29) is 39.5 Å². The van der Waals surface area contributed by atoms with Crippen LogP contribution in [0.3, 0.4) is 0 Å². The molecule has 3 aromatic rings. The monoisotopic (exact) mass is 470 g/mol. The number of ketones is 3. The fourth-order valence-electron chi connectivity index (χ4n) is 4.83. The van der Waals surface area contributed by atoms with Crippen LogP contribution in [-0.4, -0.2) is 32.5 Å². The highest BCUT2D eigenvalue weighted by Gasteiger charge is 2.56. The van der Waals surface area contributed by atoms with Crippen LogP contribution >= 0.6 is 0 Å². The van der Waals surface area contributed by atoms with Crippen molar-refractivity contribution in [3.8, 4) is 17.2 Å². The highest BCUT2D eigenvalue weighted by Crippen LogP contribution is 2.57. The number of benzene rings is 2. The molecular weight excluding hydrogens is 448 g/mol. The Bertz CT molecular complexity index is 1560. The van der Waals surface area contributed by atoms with E-state index in [0.717, 1.165) is 5.39 Å². The molecule has 0 unspecified atom stereocenters. The van der Waals surface area contributed by atoms with Gasteiger partial charge in [0.2, 0.25) is 0 Å². The Hall–Kier alpha value is -4.46. The fraction of sp³-hybridized carbons (Fsp3) is 0.185. The van der Waals surface area contributed by atoms with Crippen LogP contribution in [0.25, 0.3) is 10.9 Å². The average molecular weight is 470 g/mol. The van der Waals surface area contributed by atoms with Gasteiger partial charge in [-0.15, -0.1) is 0 Å². The second-order valence-electron chi connectivity index (χ2n) is 8.89. The van der Waals surface area contributed by atoms with Gasteiger partial charge in [0.15, 0.2) is 17.3 Å². The zero-order valence-electron chi connectivity index (χ0n) is 19.5. The Morgan fingerprint density at radius 1 is 1.09 bits per heavy atom. The largest absolute Gasteiger partial charge is 0.507 e. The molecule has 0 saturated heterocycles. The molecule has 35 heavy (non-hydrogen) atoms. The summed E-state index contributed by atoms with van der Waals surface area (Å²) >= 11 is 0. The highest BCUT2D eigenvalue weighted by atomic mass is 16.5. The Morgan fingerprint density at radius 2 is 1.80 bits per heavy atom. The van der Waals surface area contributed by atoms with Gasteiger partial charge in [-0.05, 0) is 39.8 Å². The summed E-state index contributed by atoms with van der Waals surface area (Å²) in [6.45, 7) is 5.84. The Labute approximate surface area is 200 Å². The van der Waals surface area contributed by atoms with Crippen LogP contribution in [-0.2, 0) is 15.0 Å². The van der Waals surface area contributed by atoms with Crippen molar-refractivity contribution in [1.29, 1.82) is 0 Å². The van der Waals surface area contributed by atoms with Crippen molar-refractivity contribution in [3.05, 3.63) is 76.3 Å². The number of rotatable bonds is 3. The van der Waals surface area contributed by atoms with Gasteiger partial charge in [0, 0.05) is 28.9 Å². The number of para-hydroxylation sites is 1. The van der Waals surface area contributed by atoms with E-state index in [1.54, 1.807) is 19.2 Å². The van der Waals surface area contributed by atoms with E-state index in [1.165, 1.54) is 26.8 Å². The van der Waals surface area contributed by atoms with Gasteiger partial charge in [-0.25, -0.2) is 0 Å². The molecule has 0 fully saturated rings. The number of nitrogens with one attached hydrogen (secondary N) is 1. The van der Waals surface area contributed by atoms with Gasteiger partial charge in [0.05, 0.1) is 22.3 Å². The second kappa shape index (κ2) is 7.53. The summed E-state index contributed by atoms with van der Waals surface area (Å²) in [4.78, 5) is 43.7. The molecule has 3 N–H and O–H groups in total. The number of carbonyl (C=O) groups is 3. The molecule has 1 atom stereocenters. The van der Waals surface area contributed by atoms with Crippen molar-refractivity contribution >= 4 is 33.9 Å². The van der Waals surface area contributed by atoms with Gasteiger partial charge in [-0.2, -0.15) is 0 Å². The van der Waals surface area contributed by atoms with Crippen LogP contribution in [0.15, 0.2) is 59.6 Å². The lowest BCUT2D eigenvalue weighted by Gasteiger charge is -2.29. The summed E-state index contributed by atoms with van der Waals surface area (Å²) in [6.07, 6.45) is 2.85. The van der Waals surface area contributed by atoms with Crippen LogP contribution < -0.4 is 10.1 Å². The summed E-state index contributed by atoms with van der Waals surface area (Å²) < 4.78 is 5.79. The molecule has 1 aromatic heterocycles. The molecule has 2 aromatic carbocycles. The molecule has 1 aliphatic carbocycles. The zero-order chi connectivity index (χ0) is 25.2. The van der Waals surface area contributed by atoms with Crippen molar-refractivity contribution in [2.24, 2.45) is 0 Å². The first-order valence-electron chi connectivity index (χ1n) is 11.0. The number of carbonyl (C=O) groups excluding carboxylic acids is 3. The molecular formula is C27H22N2O6. The molecule has 0 saturated carbocycles. The van der Waals surface area contributed by atoms with Crippen LogP contribution in [0.1, 0.15) is 42.3 Å². The van der Waals surface area contributed by atoms with Gasteiger partial charge in [-0.3, -0.25) is 19.4 Å². The number of hydrogen-bond acceptors (Lipinski definition) is 8. The standard InChI is InChI=1S/C27H22N2O6/c1-12-23(32)20(14(3)30)25-21(24(12)33)27(4)18(35-25)11-17(31)19(26(27)34)13(2)29-16-9-5-7-15-8-6-10-28-22(15)16/h5-11,29,32-33H,1-4H3/b19-13+/t27-/m0/s1. The number of ether oxygens (including phenoxy) is 1. The Balaban J connectivity index is 1.69. The van der Waals surface area contributed by atoms with E-state index < -0.39 is 28.5 Å². The summed E-state index contributed by atoms with van der Waals surface area (Å²) in [5.74, 6) is -2.57. The smallest absolute Gasteiger partial charge is 0.194 e. The average Bonchev–Trinajstić information content (AvgIpc) is 3.10. The van der Waals surface area contributed by atoms with Crippen molar-refractivity contribution in [2.75, 3.05) is 5.32 Å². The van der Waals surface area contributed by atoms with Crippen LogP contribution in [0, 0.1) is 6.92 Å². The van der Waals surface area contributed by atoms with Crippen LogP contribution in [0.5, 0.6) is 17.2 Å². The van der Waals surface area contributed by atoms with Crippen LogP contribution in [0.2, 0.25) is 0 Å². The minimum atomic E-state index is -1.56. The third-order valence-electron chi connectivity index (χ3n) is 6.71. The van der Waals surface area contributed by atoms with Crippen molar-refractivity contribution in [1.82, 2.24) is 4.98 Å². The maximum Gasteiger partial charge on any atom is 0.194 e. The number of anilines is 1. The number of phenolic OH excluding ortho intramolecular Hbond substituents is 2. The lowest BCUT2D eigenvalue weighted by Crippen LogP contribution is -2.40. The van der Waals surface area contributed by atoms with Gasteiger partial charge >= 0.3 is 0 Å². The molecule has 2 heterocycles. The van der Waals surface area contributed by atoms with Gasteiger partial charge in [0.25, 0.3) is 0 Å². The summed E-state index contributed by atoms with van der Waals surface area (Å²) in [5, 5.41) is 25.4. The second-order valence-corrected chi connectivity index (χ2v) is 8.89. The minimum Gasteiger partial charge on any atom is -0.507 e. The zero-order valence-corrected chi connectivity index (χ0v) is 19.5. The van der Waals surface area contributed by atoms with Crippen molar-refractivity contribution in [2.45, 2.75) is 33.1 Å². The molecule has 0 spiro atoms. The van der Waals surface area contributed by atoms with Gasteiger partial charge in [-0.1, -0.05) is 18.2 Å². The normalized spacial score (nSPS) is 20.2. The topological polar surface area (TPSA) is 126 Å². The van der Waals surface area contributed by atoms with E-state index in [9.17, 15) is 24.6 Å². The molecule has 0 radical (unpaired) electrons. The molecule has 0 amide bonds. The number of aromatic hydroxyl groups is 2. The lowest BCUT2D eigenvalue weighted by atomic mass is 9.70. The quantitative estimate of drug-likeness (QED) is 0.295. The number of fused-ring (bicyclic) bond motifs is 4. The van der Waals surface area contributed by atoms with Gasteiger partial charge < -0.3 is 20.3 Å². The van der Waals surface area contributed by atoms with Crippen LogP contribution in [0.4, 0.5) is 5.69 Å². The maximum absolute atomic E-state index is 13.9. The van der Waals surface area contributed by atoms with Crippen molar-refractivity contribution in [3.63, 3.8) is 0 Å². The number of pyridine rings is 1. The molecule has 176 valence electrons. The number of Topliss-reactive ketones (excluding diaryl/α,β-unsaturated/α-hetero) is 2. The Morgan fingerprint density at radius 3 is 2.51 bits per heavy atom. The highest BCUT2D eigenvalue weighted by molar-refractivity contribution is 6.31. The molecule has 0 bridgehead atoms. The van der Waals surface area contributed by atoms with E-state index in [0.29, 0.717) is 16.9 Å². The molecule has 1 aliphatic heterocycles. The first kappa shape index (κ1) is 22.3. The third-order valence-corrected chi connectivity index (χ3v) is 6.71. The predicted octanol–water partition coefficient (Wildman–Crippen LogP) is 4.23. The fourth-order valence-corrected chi connectivity index (χ4v) is 4.83. The SMILES string of the molecule is CC(=O)c1c(O)c(C)c(O)c2c1OC1=CC(=O)/C(=C(/C)Nc3cccc4cccnc34)C(=O)[C@@]12C. The number of hydrogen-bond donors (Lipinski definition) is 3. The van der Waals surface area contributed by atoms with Crippen molar-refractivity contribution < 1.29 is 29.3 Å². The number of allylic oxidation sites excluding steroid dienone is 4. The first-order chi connectivity index (χ1) is 16.6. The van der Waals surface area contributed by atoms with E-state index in [1.807, 2.05) is 24.3 Å². The summed E-state index contributed by atoms with van der Waals surface area (Å²) in [7, 11) is 0. The molecule has 8 nitrogen and oxygen atoms in total. The first-order valence-corrected chi connectivity index (χ1v) is 11.0.